The number of nitrogens with one attached hydrogen (secondary N) is 1. The Kier molecular flexibility index (Phi) is 23.2. The molecular formula is C25H45NO13. The molecule has 0 bridgehead atoms. The third-order valence-corrected chi connectivity index (χ3v) is 4.90. The Bertz CT molecular complexity index is 615. The Morgan fingerprint density at radius 1 is 0.538 bits per heavy atom. The van der Waals surface area contributed by atoms with Crippen LogP contribution in [-0.2, 0) is 61.8 Å². The molecule has 0 aromatic rings. The number of rotatable bonds is 26. The first-order valence-electron chi connectivity index (χ1n) is 12.8. The number of carbonyl (C=O) groups excluding carboxylic acids is 4. The van der Waals surface area contributed by atoms with E-state index in [-0.39, 0.29) is 78.7 Å². The Balaban J connectivity index is 5.05. The molecule has 0 heterocycles. The van der Waals surface area contributed by atoms with Gasteiger partial charge in [-0.25, -0.2) is 0 Å². The van der Waals surface area contributed by atoms with Crippen LogP contribution in [0.15, 0.2) is 0 Å². The van der Waals surface area contributed by atoms with E-state index in [1.54, 1.807) is 0 Å². The van der Waals surface area contributed by atoms with Crippen molar-refractivity contribution in [1.82, 2.24) is 5.32 Å². The van der Waals surface area contributed by atoms with E-state index in [0.29, 0.717) is 19.8 Å². The summed E-state index contributed by atoms with van der Waals surface area (Å²) in [5.41, 5.74) is -1.23. The summed E-state index contributed by atoms with van der Waals surface area (Å²) in [4.78, 5) is 47.1. The molecule has 0 aliphatic heterocycles. The van der Waals surface area contributed by atoms with Crippen LogP contribution in [-0.4, -0.2) is 130 Å². The molecule has 0 aromatic heterocycles. The van der Waals surface area contributed by atoms with Crippen LogP contribution in [0, 0.1) is 0 Å². The van der Waals surface area contributed by atoms with Gasteiger partial charge in [0.15, 0.2) is 0 Å². The number of hydrogen-bond donors (Lipinski definition) is 1. The fourth-order valence-electron chi connectivity index (χ4n) is 2.89. The molecule has 0 unspecified atom stereocenters. The molecule has 228 valence electrons. The second-order valence-electron chi connectivity index (χ2n) is 8.24. The highest BCUT2D eigenvalue weighted by molar-refractivity contribution is 5.78. The van der Waals surface area contributed by atoms with Crippen molar-refractivity contribution < 1.29 is 61.8 Å². The first kappa shape index (κ1) is 36.6. The van der Waals surface area contributed by atoms with Gasteiger partial charge in [-0.2, -0.15) is 0 Å². The monoisotopic (exact) mass is 567 g/mol. The second kappa shape index (κ2) is 24.7. The van der Waals surface area contributed by atoms with Gasteiger partial charge in [0.2, 0.25) is 5.91 Å². The molecule has 0 saturated carbocycles. The first-order chi connectivity index (χ1) is 18.8. The van der Waals surface area contributed by atoms with Crippen LogP contribution in [0.5, 0.6) is 0 Å². The minimum absolute atomic E-state index is 0.000479. The summed E-state index contributed by atoms with van der Waals surface area (Å²) in [5.74, 6) is -1.85. The topological polar surface area (TPSA) is 163 Å². The van der Waals surface area contributed by atoms with Crippen molar-refractivity contribution in [1.29, 1.82) is 0 Å². The van der Waals surface area contributed by atoms with Crippen LogP contribution >= 0.6 is 0 Å². The standard InChI is InChI=1S/C25H45NO13/c1-5-9-34-13-14-35-15-16-36-17-21(27)26-25(18-37-10-6-22(28)31-2,19-38-11-7-23(29)32-3)20-39-12-8-24(30)33-4/h5-20H2,1-4H3,(H,26,27). The summed E-state index contributed by atoms with van der Waals surface area (Å²) in [7, 11) is 3.80. The van der Waals surface area contributed by atoms with E-state index >= 15 is 0 Å². The highest BCUT2D eigenvalue weighted by Gasteiger charge is 2.34. The highest BCUT2D eigenvalue weighted by Crippen LogP contribution is 2.11. The van der Waals surface area contributed by atoms with Crippen LogP contribution in [0.4, 0.5) is 0 Å². The third-order valence-electron chi connectivity index (χ3n) is 4.90. The van der Waals surface area contributed by atoms with Crippen LogP contribution in [0.25, 0.3) is 0 Å². The van der Waals surface area contributed by atoms with Crippen molar-refractivity contribution in [3.8, 4) is 0 Å². The summed E-state index contributed by atoms with van der Waals surface area (Å²) in [6.07, 6.45) is 0.932. The Labute approximate surface area is 230 Å². The van der Waals surface area contributed by atoms with Gasteiger partial charge in [0, 0.05) is 6.61 Å². The van der Waals surface area contributed by atoms with Crippen LogP contribution in [0.3, 0.4) is 0 Å². The van der Waals surface area contributed by atoms with E-state index in [4.69, 9.17) is 28.4 Å². The highest BCUT2D eigenvalue weighted by atomic mass is 16.6. The zero-order valence-corrected chi connectivity index (χ0v) is 23.6. The molecule has 0 atom stereocenters. The SMILES string of the molecule is CCCOCCOCCOCC(=O)NC(COCCC(=O)OC)(COCCC(=O)OC)COCCC(=O)OC. The van der Waals surface area contributed by atoms with Crippen LogP contribution in [0.2, 0.25) is 0 Å². The fourth-order valence-corrected chi connectivity index (χ4v) is 2.89. The number of esters is 3. The number of amides is 1. The van der Waals surface area contributed by atoms with Crippen molar-refractivity contribution in [2.24, 2.45) is 0 Å². The van der Waals surface area contributed by atoms with Gasteiger partial charge in [-0.1, -0.05) is 6.92 Å². The quantitative estimate of drug-likeness (QED) is 0.0847. The van der Waals surface area contributed by atoms with Gasteiger partial charge >= 0.3 is 17.9 Å². The average molecular weight is 568 g/mol. The Hall–Kier alpha value is -2.36. The van der Waals surface area contributed by atoms with E-state index in [9.17, 15) is 19.2 Å². The molecule has 0 saturated heterocycles. The second-order valence-corrected chi connectivity index (χ2v) is 8.24. The number of hydrogen-bond acceptors (Lipinski definition) is 13. The van der Waals surface area contributed by atoms with Crippen LogP contribution < -0.4 is 5.32 Å². The minimum atomic E-state index is -1.23. The molecule has 0 aliphatic carbocycles. The summed E-state index contributed by atoms with van der Waals surface area (Å²) in [5, 5.41) is 2.81. The number of methoxy groups -OCH3 is 3. The number of ether oxygens (including phenoxy) is 9. The number of carbonyl (C=O) groups is 4. The van der Waals surface area contributed by atoms with Crippen molar-refractivity contribution in [3.63, 3.8) is 0 Å². The normalized spacial score (nSPS) is 11.2. The molecule has 0 aromatic carbocycles. The van der Waals surface area contributed by atoms with E-state index < -0.39 is 29.4 Å². The molecular weight excluding hydrogens is 522 g/mol. The predicted molar refractivity (Wildman–Crippen MR) is 136 cm³/mol. The lowest BCUT2D eigenvalue weighted by Crippen LogP contribution is -2.59. The van der Waals surface area contributed by atoms with E-state index in [0.717, 1.165) is 6.42 Å². The molecule has 0 spiro atoms. The fraction of sp³-hybridized carbons (Fsp3) is 0.840. The predicted octanol–water partition coefficient (Wildman–Crippen LogP) is 0.0403. The average Bonchev–Trinajstić information content (AvgIpc) is 2.94. The molecule has 0 fully saturated rings. The van der Waals surface area contributed by atoms with Gasteiger partial charge in [-0.15, -0.1) is 0 Å². The molecule has 1 N–H and O–H groups in total. The maximum absolute atomic E-state index is 12.7. The van der Waals surface area contributed by atoms with Crippen molar-refractivity contribution in [3.05, 3.63) is 0 Å². The van der Waals surface area contributed by atoms with Crippen molar-refractivity contribution >= 4 is 23.8 Å². The van der Waals surface area contributed by atoms with Crippen molar-refractivity contribution in [2.45, 2.75) is 38.1 Å². The molecule has 0 radical (unpaired) electrons. The molecule has 1 amide bonds. The summed E-state index contributed by atoms with van der Waals surface area (Å²) in [6, 6.07) is 0. The lowest BCUT2D eigenvalue weighted by atomic mass is 10.0. The Morgan fingerprint density at radius 2 is 0.923 bits per heavy atom. The summed E-state index contributed by atoms with van der Waals surface area (Å²) < 4.78 is 46.8. The van der Waals surface area contributed by atoms with Gasteiger partial charge in [0.05, 0.1) is 107 Å². The molecule has 14 heteroatoms. The minimum Gasteiger partial charge on any atom is -0.469 e. The van der Waals surface area contributed by atoms with Gasteiger partial charge < -0.3 is 47.9 Å². The lowest BCUT2D eigenvalue weighted by molar-refractivity contribution is -0.143. The van der Waals surface area contributed by atoms with Gasteiger partial charge in [-0.05, 0) is 6.42 Å². The van der Waals surface area contributed by atoms with Gasteiger partial charge in [0.1, 0.15) is 12.1 Å². The molecule has 39 heavy (non-hydrogen) atoms. The van der Waals surface area contributed by atoms with E-state index in [1.807, 2.05) is 6.92 Å². The van der Waals surface area contributed by atoms with Crippen molar-refractivity contribution in [2.75, 3.05) is 101 Å². The maximum Gasteiger partial charge on any atom is 0.307 e. The summed E-state index contributed by atoms with van der Waals surface area (Å²) >= 11 is 0. The van der Waals surface area contributed by atoms with Crippen LogP contribution in [0.1, 0.15) is 32.6 Å². The maximum atomic E-state index is 12.7. The third kappa shape index (κ3) is 21.2. The van der Waals surface area contributed by atoms with E-state index in [1.165, 1.54) is 21.3 Å². The summed E-state index contributed by atoms with van der Waals surface area (Å²) in [6.45, 7) is 3.55. The first-order valence-corrected chi connectivity index (χ1v) is 12.8. The zero-order chi connectivity index (χ0) is 29.2. The molecule has 0 rings (SSSR count). The zero-order valence-electron chi connectivity index (χ0n) is 23.6. The Morgan fingerprint density at radius 3 is 1.31 bits per heavy atom. The largest absolute Gasteiger partial charge is 0.469 e. The smallest absolute Gasteiger partial charge is 0.307 e. The molecule has 14 nitrogen and oxygen atoms in total. The van der Waals surface area contributed by atoms with Gasteiger partial charge in [0.25, 0.3) is 0 Å². The van der Waals surface area contributed by atoms with E-state index in [2.05, 4.69) is 19.5 Å². The molecule has 0 aliphatic rings. The lowest BCUT2D eigenvalue weighted by Gasteiger charge is -2.34. The van der Waals surface area contributed by atoms with Gasteiger partial charge in [-0.3, -0.25) is 19.2 Å².